The van der Waals surface area contributed by atoms with Crippen LogP contribution in [-0.4, -0.2) is 51.2 Å². The molecule has 0 spiro atoms. The van der Waals surface area contributed by atoms with Crippen molar-refractivity contribution in [2.45, 2.75) is 70.8 Å². The van der Waals surface area contributed by atoms with E-state index in [2.05, 4.69) is 4.98 Å². The molecule has 1 aromatic rings. The molecule has 2 aliphatic heterocycles. The van der Waals surface area contributed by atoms with Crippen LogP contribution < -0.4 is 0 Å². The summed E-state index contributed by atoms with van der Waals surface area (Å²) in [7, 11) is 0. The Morgan fingerprint density at radius 1 is 1.00 bits per heavy atom. The maximum atomic E-state index is 12.8. The van der Waals surface area contributed by atoms with Crippen LogP contribution in [0.3, 0.4) is 0 Å². The quantitative estimate of drug-likeness (QED) is 0.803. The molecule has 2 fully saturated rings. The van der Waals surface area contributed by atoms with Crippen molar-refractivity contribution in [3.8, 4) is 0 Å². The number of rotatable bonds is 2. The molecule has 1 aromatic heterocycles. The summed E-state index contributed by atoms with van der Waals surface area (Å²) >= 11 is 0. The summed E-state index contributed by atoms with van der Waals surface area (Å²) in [6.45, 7) is 4.67. The Balaban J connectivity index is 1.39. The van der Waals surface area contributed by atoms with E-state index in [4.69, 9.17) is 4.98 Å². The van der Waals surface area contributed by atoms with E-state index in [1.165, 1.54) is 19.3 Å². The molecule has 146 valence electrons. The lowest BCUT2D eigenvalue weighted by molar-refractivity contribution is -0.137. The zero-order chi connectivity index (χ0) is 18.8. The third kappa shape index (κ3) is 3.99. The number of piperidine rings is 1. The van der Waals surface area contributed by atoms with Gasteiger partial charge in [0.15, 0.2) is 0 Å². The molecule has 1 aliphatic carbocycles. The van der Waals surface area contributed by atoms with Crippen molar-refractivity contribution in [3.63, 3.8) is 0 Å². The molecule has 0 atom stereocenters. The van der Waals surface area contributed by atoms with E-state index in [0.29, 0.717) is 18.4 Å². The van der Waals surface area contributed by atoms with Crippen LogP contribution >= 0.6 is 0 Å². The summed E-state index contributed by atoms with van der Waals surface area (Å²) in [5.41, 5.74) is 2.22. The van der Waals surface area contributed by atoms with Gasteiger partial charge in [-0.25, -0.2) is 9.97 Å². The van der Waals surface area contributed by atoms with Crippen molar-refractivity contribution in [3.05, 3.63) is 23.3 Å². The first-order valence-electron chi connectivity index (χ1n) is 10.5. The second-order valence-electron chi connectivity index (χ2n) is 8.33. The number of likely N-dealkylation sites (tertiary alicyclic amines) is 1. The molecule has 1 saturated carbocycles. The molecule has 6 heteroatoms. The minimum Gasteiger partial charge on any atom is -0.343 e. The Labute approximate surface area is 161 Å². The molecule has 0 bridgehead atoms. The van der Waals surface area contributed by atoms with Gasteiger partial charge < -0.3 is 9.80 Å². The van der Waals surface area contributed by atoms with Gasteiger partial charge in [-0.15, -0.1) is 0 Å². The minimum absolute atomic E-state index is 0.155. The van der Waals surface area contributed by atoms with Crippen LogP contribution in [0.4, 0.5) is 0 Å². The number of fused-ring (bicyclic) bond motifs is 1. The number of nitrogens with zero attached hydrogens (tertiary/aromatic N) is 4. The van der Waals surface area contributed by atoms with Crippen molar-refractivity contribution >= 4 is 11.8 Å². The number of aromatic nitrogens is 2. The number of hydrogen-bond acceptors (Lipinski definition) is 4. The van der Waals surface area contributed by atoms with Gasteiger partial charge in [-0.2, -0.15) is 0 Å². The summed E-state index contributed by atoms with van der Waals surface area (Å²) in [6, 6.07) is 0. The maximum Gasteiger partial charge on any atom is 0.225 e. The fraction of sp³-hybridized carbons (Fsp3) is 0.714. The maximum absolute atomic E-state index is 12.8. The van der Waals surface area contributed by atoms with E-state index in [0.717, 1.165) is 68.8 Å². The van der Waals surface area contributed by atoms with Crippen molar-refractivity contribution in [2.75, 3.05) is 19.6 Å². The number of carbonyl (C=O) groups is 2. The predicted octanol–water partition coefficient (Wildman–Crippen LogP) is 2.67. The summed E-state index contributed by atoms with van der Waals surface area (Å²) in [4.78, 5) is 37.7. The van der Waals surface area contributed by atoms with Gasteiger partial charge in [-0.1, -0.05) is 19.3 Å². The van der Waals surface area contributed by atoms with Gasteiger partial charge >= 0.3 is 0 Å². The molecule has 0 radical (unpaired) electrons. The predicted molar refractivity (Wildman–Crippen MR) is 102 cm³/mol. The van der Waals surface area contributed by atoms with Crippen molar-refractivity contribution in [1.29, 1.82) is 0 Å². The molecule has 3 heterocycles. The molecular weight excluding hydrogens is 340 g/mol. The lowest BCUT2D eigenvalue weighted by Gasteiger charge is -2.33. The Morgan fingerprint density at radius 2 is 1.74 bits per heavy atom. The Morgan fingerprint density at radius 3 is 2.44 bits per heavy atom. The molecule has 0 unspecified atom stereocenters. The Hall–Kier alpha value is -1.98. The molecule has 3 aliphatic rings. The van der Waals surface area contributed by atoms with E-state index < -0.39 is 0 Å². The van der Waals surface area contributed by atoms with Gasteiger partial charge in [0.05, 0.1) is 5.69 Å². The normalized spacial score (nSPS) is 21.8. The zero-order valence-electron chi connectivity index (χ0n) is 16.3. The van der Waals surface area contributed by atoms with Crippen LogP contribution in [0.5, 0.6) is 0 Å². The van der Waals surface area contributed by atoms with Gasteiger partial charge in [0.2, 0.25) is 11.8 Å². The van der Waals surface area contributed by atoms with Gasteiger partial charge in [-0.05, 0) is 25.7 Å². The monoisotopic (exact) mass is 370 g/mol. The first-order chi connectivity index (χ1) is 13.1. The molecule has 4 rings (SSSR count). The van der Waals surface area contributed by atoms with Gasteiger partial charge in [0.25, 0.3) is 0 Å². The van der Waals surface area contributed by atoms with E-state index in [-0.39, 0.29) is 11.8 Å². The largest absolute Gasteiger partial charge is 0.343 e. The highest BCUT2D eigenvalue weighted by Crippen LogP contribution is 2.29. The Bertz CT molecular complexity index is 706. The fourth-order valence-electron chi connectivity index (χ4n) is 4.78. The van der Waals surface area contributed by atoms with E-state index in [9.17, 15) is 9.59 Å². The molecule has 2 amide bonds. The highest BCUT2D eigenvalue weighted by Gasteiger charge is 2.30. The topological polar surface area (TPSA) is 66.4 Å². The van der Waals surface area contributed by atoms with Crippen LogP contribution in [0.15, 0.2) is 6.20 Å². The summed E-state index contributed by atoms with van der Waals surface area (Å²) in [5, 5.41) is 0. The van der Waals surface area contributed by atoms with Crippen LogP contribution in [0.1, 0.15) is 74.9 Å². The van der Waals surface area contributed by atoms with E-state index in [1.54, 1.807) is 6.92 Å². The molecule has 27 heavy (non-hydrogen) atoms. The van der Waals surface area contributed by atoms with Gasteiger partial charge in [0, 0.05) is 63.1 Å². The van der Waals surface area contributed by atoms with Crippen molar-refractivity contribution in [2.24, 2.45) is 5.92 Å². The molecule has 0 aromatic carbocycles. The van der Waals surface area contributed by atoms with Gasteiger partial charge in [0.1, 0.15) is 5.82 Å². The third-order valence-electron chi connectivity index (χ3n) is 6.52. The average Bonchev–Trinajstić information content (AvgIpc) is 2.73. The SMILES string of the molecule is CC(=O)N1CCC(c2ncc3c(n2)CCN(C(=O)C2CCCCC2)C3)CC1. The molecular formula is C21H30N4O2. The third-order valence-corrected chi connectivity index (χ3v) is 6.52. The van der Waals surface area contributed by atoms with Crippen LogP contribution in [-0.2, 0) is 22.6 Å². The second kappa shape index (κ2) is 7.95. The first kappa shape index (κ1) is 18.4. The van der Waals surface area contributed by atoms with Gasteiger partial charge in [-0.3, -0.25) is 9.59 Å². The van der Waals surface area contributed by atoms with E-state index >= 15 is 0 Å². The first-order valence-corrected chi connectivity index (χ1v) is 10.5. The lowest BCUT2D eigenvalue weighted by Crippen LogP contribution is -2.41. The Kier molecular flexibility index (Phi) is 5.41. The lowest BCUT2D eigenvalue weighted by atomic mass is 9.87. The van der Waals surface area contributed by atoms with E-state index in [1.807, 2.05) is 16.0 Å². The molecule has 6 nitrogen and oxygen atoms in total. The number of hydrogen-bond donors (Lipinski definition) is 0. The standard InChI is InChI=1S/C21H30N4O2/c1-15(26)24-10-7-16(8-11-24)20-22-13-18-14-25(12-9-19(18)23-20)21(27)17-5-3-2-4-6-17/h13,16-17H,2-12,14H2,1H3. The van der Waals surface area contributed by atoms with Crippen molar-refractivity contribution in [1.82, 2.24) is 19.8 Å². The minimum atomic E-state index is 0.155. The fourth-order valence-corrected chi connectivity index (χ4v) is 4.78. The number of amides is 2. The smallest absolute Gasteiger partial charge is 0.225 e. The molecule has 0 N–H and O–H groups in total. The highest BCUT2D eigenvalue weighted by molar-refractivity contribution is 5.79. The highest BCUT2D eigenvalue weighted by atomic mass is 16.2. The summed E-state index contributed by atoms with van der Waals surface area (Å²) < 4.78 is 0. The van der Waals surface area contributed by atoms with Crippen LogP contribution in [0.2, 0.25) is 0 Å². The molecule has 1 saturated heterocycles. The summed E-state index contributed by atoms with van der Waals surface area (Å²) in [5.74, 6) is 1.98. The number of carbonyl (C=O) groups excluding carboxylic acids is 2. The second-order valence-corrected chi connectivity index (χ2v) is 8.33. The van der Waals surface area contributed by atoms with Crippen LogP contribution in [0, 0.1) is 5.92 Å². The average molecular weight is 370 g/mol. The van der Waals surface area contributed by atoms with Crippen molar-refractivity contribution < 1.29 is 9.59 Å². The van der Waals surface area contributed by atoms with Crippen LogP contribution in [0.25, 0.3) is 0 Å². The summed E-state index contributed by atoms with van der Waals surface area (Å²) in [6.07, 6.45) is 10.4. The zero-order valence-corrected chi connectivity index (χ0v) is 16.3.